The number of rotatable bonds is 1. The Labute approximate surface area is 105 Å². The van der Waals surface area contributed by atoms with E-state index in [2.05, 4.69) is 0 Å². The second-order valence-electron chi connectivity index (χ2n) is 4.70. The number of imide groups is 1. The van der Waals surface area contributed by atoms with Crippen molar-refractivity contribution in [2.24, 2.45) is 0 Å². The van der Waals surface area contributed by atoms with Gasteiger partial charge in [-0.05, 0) is 49.9 Å². The van der Waals surface area contributed by atoms with Gasteiger partial charge in [-0.1, -0.05) is 0 Å². The molecule has 0 fully saturated rings. The zero-order chi connectivity index (χ0) is 12.7. The van der Waals surface area contributed by atoms with E-state index in [1.807, 2.05) is 0 Å². The van der Waals surface area contributed by atoms with Gasteiger partial charge in [0.1, 0.15) is 0 Å². The van der Waals surface area contributed by atoms with Crippen LogP contribution in [0.3, 0.4) is 0 Å². The molecule has 0 unspecified atom stereocenters. The molecule has 0 atom stereocenters. The van der Waals surface area contributed by atoms with Crippen LogP contribution < -0.4 is 10.6 Å². The van der Waals surface area contributed by atoms with Crippen LogP contribution in [0.1, 0.15) is 25.7 Å². The molecule has 18 heavy (non-hydrogen) atoms. The first-order valence-electron chi connectivity index (χ1n) is 6.15. The lowest BCUT2D eigenvalue weighted by molar-refractivity contribution is -0.120. The van der Waals surface area contributed by atoms with Gasteiger partial charge in [0.2, 0.25) is 0 Å². The van der Waals surface area contributed by atoms with Gasteiger partial charge in [-0.25, -0.2) is 4.90 Å². The molecule has 1 heterocycles. The quantitative estimate of drug-likeness (QED) is 0.605. The lowest BCUT2D eigenvalue weighted by atomic mass is 9.93. The topological polar surface area (TPSA) is 63.4 Å². The fraction of sp³-hybridized carbons (Fsp3) is 0.286. The van der Waals surface area contributed by atoms with Gasteiger partial charge < -0.3 is 5.73 Å². The average molecular weight is 242 g/mol. The van der Waals surface area contributed by atoms with Crippen LogP contribution in [0.2, 0.25) is 0 Å². The fourth-order valence-corrected chi connectivity index (χ4v) is 2.60. The molecular weight excluding hydrogens is 228 g/mol. The maximum Gasteiger partial charge on any atom is 0.261 e. The number of carbonyl (C=O) groups is 2. The van der Waals surface area contributed by atoms with Gasteiger partial charge in [0.05, 0.1) is 5.69 Å². The zero-order valence-corrected chi connectivity index (χ0v) is 9.98. The van der Waals surface area contributed by atoms with Crippen molar-refractivity contribution >= 4 is 23.2 Å². The smallest absolute Gasteiger partial charge is 0.261 e. The van der Waals surface area contributed by atoms with E-state index in [4.69, 9.17) is 5.73 Å². The minimum Gasteiger partial charge on any atom is -0.399 e. The predicted octanol–water partition coefficient (Wildman–Crippen LogP) is 2.01. The van der Waals surface area contributed by atoms with Crippen molar-refractivity contribution in [2.75, 3.05) is 10.6 Å². The van der Waals surface area contributed by atoms with Crippen molar-refractivity contribution < 1.29 is 9.59 Å². The molecule has 92 valence electrons. The van der Waals surface area contributed by atoms with Crippen molar-refractivity contribution in [1.29, 1.82) is 0 Å². The third-order valence-corrected chi connectivity index (χ3v) is 3.54. The number of nitrogen functional groups attached to an aromatic ring is 1. The summed E-state index contributed by atoms with van der Waals surface area (Å²) in [5.74, 6) is -0.307. The Kier molecular flexibility index (Phi) is 2.44. The van der Waals surface area contributed by atoms with E-state index in [1.165, 1.54) is 4.90 Å². The lowest BCUT2D eigenvalue weighted by Gasteiger charge is -2.15. The fourth-order valence-electron chi connectivity index (χ4n) is 2.60. The van der Waals surface area contributed by atoms with E-state index in [0.717, 1.165) is 25.7 Å². The first kappa shape index (κ1) is 11.0. The summed E-state index contributed by atoms with van der Waals surface area (Å²) in [7, 11) is 0. The lowest BCUT2D eigenvalue weighted by Crippen LogP contribution is -2.31. The van der Waals surface area contributed by atoms with Gasteiger partial charge in [-0.3, -0.25) is 9.59 Å². The summed E-state index contributed by atoms with van der Waals surface area (Å²) in [4.78, 5) is 25.8. The SMILES string of the molecule is Nc1ccc(N2C(=O)C3=C(CCCC3)C2=O)cc1. The number of amides is 2. The Balaban J connectivity index is 1.99. The van der Waals surface area contributed by atoms with Gasteiger partial charge in [0.15, 0.2) is 0 Å². The van der Waals surface area contributed by atoms with E-state index in [0.29, 0.717) is 22.5 Å². The second-order valence-corrected chi connectivity index (χ2v) is 4.70. The molecule has 0 aromatic heterocycles. The van der Waals surface area contributed by atoms with Crippen LogP contribution in [0.25, 0.3) is 0 Å². The standard InChI is InChI=1S/C14H14N2O2/c15-9-5-7-10(8-6-9)16-13(17)11-3-1-2-4-12(11)14(16)18/h5-8H,1-4,15H2. The minimum absolute atomic E-state index is 0.153. The monoisotopic (exact) mass is 242 g/mol. The summed E-state index contributed by atoms with van der Waals surface area (Å²) in [6, 6.07) is 6.83. The molecular formula is C14H14N2O2. The Bertz CT molecular complexity index is 530. The molecule has 0 spiro atoms. The van der Waals surface area contributed by atoms with Gasteiger partial charge in [-0.2, -0.15) is 0 Å². The number of hydrogen-bond acceptors (Lipinski definition) is 3. The van der Waals surface area contributed by atoms with E-state index >= 15 is 0 Å². The van der Waals surface area contributed by atoms with E-state index in [9.17, 15) is 9.59 Å². The molecule has 0 saturated carbocycles. The molecule has 1 aliphatic carbocycles. The van der Waals surface area contributed by atoms with Crippen molar-refractivity contribution in [3.05, 3.63) is 35.4 Å². The molecule has 2 amide bonds. The van der Waals surface area contributed by atoms with Crippen LogP contribution in [-0.4, -0.2) is 11.8 Å². The first-order valence-corrected chi connectivity index (χ1v) is 6.15. The molecule has 1 aromatic carbocycles. The van der Waals surface area contributed by atoms with Crippen molar-refractivity contribution in [2.45, 2.75) is 25.7 Å². The van der Waals surface area contributed by atoms with Crippen LogP contribution in [0.4, 0.5) is 11.4 Å². The summed E-state index contributed by atoms with van der Waals surface area (Å²) < 4.78 is 0. The zero-order valence-electron chi connectivity index (χ0n) is 9.98. The van der Waals surface area contributed by atoms with Crippen molar-refractivity contribution in [3.8, 4) is 0 Å². The molecule has 1 aromatic rings. The molecule has 0 radical (unpaired) electrons. The highest BCUT2D eigenvalue weighted by molar-refractivity contribution is 6.33. The van der Waals surface area contributed by atoms with Crippen molar-refractivity contribution in [1.82, 2.24) is 0 Å². The molecule has 0 saturated heterocycles. The molecule has 3 rings (SSSR count). The maximum absolute atomic E-state index is 12.3. The number of carbonyl (C=O) groups excluding carboxylic acids is 2. The third-order valence-electron chi connectivity index (χ3n) is 3.54. The molecule has 0 bridgehead atoms. The number of nitrogens with zero attached hydrogens (tertiary/aromatic N) is 1. The predicted molar refractivity (Wildman–Crippen MR) is 68.8 cm³/mol. The highest BCUT2D eigenvalue weighted by atomic mass is 16.2. The number of benzene rings is 1. The summed E-state index contributed by atoms with van der Waals surface area (Å²) in [5.41, 5.74) is 8.26. The molecule has 1 aliphatic heterocycles. The number of anilines is 2. The largest absolute Gasteiger partial charge is 0.399 e. The highest BCUT2D eigenvalue weighted by Gasteiger charge is 2.39. The van der Waals surface area contributed by atoms with Gasteiger partial charge >= 0.3 is 0 Å². The molecule has 4 heteroatoms. The van der Waals surface area contributed by atoms with E-state index in [1.54, 1.807) is 24.3 Å². The van der Waals surface area contributed by atoms with Crippen LogP contribution >= 0.6 is 0 Å². The number of nitrogens with two attached hydrogens (primary N) is 1. The molecule has 4 nitrogen and oxygen atoms in total. The van der Waals surface area contributed by atoms with Gasteiger partial charge in [-0.15, -0.1) is 0 Å². The Morgan fingerprint density at radius 2 is 1.39 bits per heavy atom. The summed E-state index contributed by atoms with van der Waals surface area (Å²) in [6.45, 7) is 0. The van der Waals surface area contributed by atoms with Crippen LogP contribution in [0.15, 0.2) is 35.4 Å². The Hall–Kier alpha value is -2.10. The summed E-state index contributed by atoms with van der Waals surface area (Å²) >= 11 is 0. The summed E-state index contributed by atoms with van der Waals surface area (Å²) in [6.07, 6.45) is 3.44. The van der Waals surface area contributed by atoms with E-state index < -0.39 is 0 Å². The molecule has 2 aliphatic rings. The summed E-state index contributed by atoms with van der Waals surface area (Å²) in [5, 5.41) is 0. The average Bonchev–Trinajstić information content (AvgIpc) is 2.64. The highest BCUT2D eigenvalue weighted by Crippen LogP contribution is 2.35. The number of hydrogen-bond donors (Lipinski definition) is 1. The second kappa shape index (κ2) is 3.98. The third kappa shape index (κ3) is 1.53. The Morgan fingerprint density at radius 3 is 1.89 bits per heavy atom. The van der Waals surface area contributed by atoms with E-state index in [-0.39, 0.29) is 11.8 Å². The maximum atomic E-state index is 12.3. The van der Waals surface area contributed by atoms with Gasteiger partial charge in [0.25, 0.3) is 11.8 Å². The van der Waals surface area contributed by atoms with Crippen LogP contribution in [0, 0.1) is 0 Å². The van der Waals surface area contributed by atoms with Crippen LogP contribution in [0.5, 0.6) is 0 Å². The van der Waals surface area contributed by atoms with Crippen molar-refractivity contribution in [3.63, 3.8) is 0 Å². The Morgan fingerprint density at radius 1 is 0.889 bits per heavy atom. The first-order chi connectivity index (χ1) is 8.68. The minimum atomic E-state index is -0.153. The molecule has 2 N–H and O–H groups in total. The normalized spacial score (nSPS) is 19.4. The van der Waals surface area contributed by atoms with Crippen LogP contribution in [-0.2, 0) is 9.59 Å². The van der Waals surface area contributed by atoms with Gasteiger partial charge in [0, 0.05) is 16.8 Å².